The number of carbonyl (C=O) groups excluding carboxylic acids is 2. The first-order valence-corrected chi connectivity index (χ1v) is 11.8. The second-order valence-electron chi connectivity index (χ2n) is 8.66. The largest absolute Gasteiger partial charge is 0.461 e. The normalized spacial score (nSPS) is 11.4. The highest BCUT2D eigenvalue weighted by molar-refractivity contribution is 7.16. The van der Waals surface area contributed by atoms with Crippen molar-refractivity contribution in [2.24, 2.45) is 0 Å². The summed E-state index contributed by atoms with van der Waals surface area (Å²) in [5, 5.41) is 4.51. The van der Waals surface area contributed by atoms with Gasteiger partial charge in [0.25, 0.3) is 0 Å². The van der Waals surface area contributed by atoms with Crippen molar-refractivity contribution >= 4 is 28.3 Å². The van der Waals surface area contributed by atoms with Gasteiger partial charge < -0.3 is 9.26 Å². The van der Waals surface area contributed by atoms with Crippen molar-refractivity contribution in [1.29, 1.82) is 0 Å². The zero-order valence-corrected chi connectivity index (χ0v) is 20.6. The number of benzene rings is 1. The molecule has 0 unspecified atom stereocenters. The molecule has 0 aliphatic rings. The number of rotatable bonds is 9. The van der Waals surface area contributed by atoms with Crippen molar-refractivity contribution in [3.8, 4) is 0 Å². The summed E-state index contributed by atoms with van der Waals surface area (Å²) < 4.78 is 10.4. The number of esters is 1. The lowest BCUT2D eigenvalue weighted by Gasteiger charge is -2.19. The molecular weight excluding hydrogens is 440 g/mol. The third kappa shape index (κ3) is 6.47. The van der Waals surface area contributed by atoms with Crippen molar-refractivity contribution in [1.82, 2.24) is 15.1 Å². The molecule has 0 aliphatic heterocycles. The molecule has 0 atom stereocenters. The van der Waals surface area contributed by atoms with E-state index in [0.717, 1.165) is 5.56 Å². The summed E-state index contributed by atoms with van der Waals surface area (Å²) in [5.74, 6) is 0.443. The van der Waals surface area contributed by atoms with Crippen LogP contribution >= 0.6 is 11.3 Å². The van der Waals surface area contributed by atoms with Crippen molar-refractivity contribution in [2.75, 3.05) is 18.1 Å². The average Bonchev–Trinajstić information content (AvgIpc) is 3.40. The molecule has 33 heavy (non-hydrogen) atoms. The SMILES string of the molecule is CCOC(=O)c1nc(N(CCc2ccccc2)C(=O)CCc2nc(C(C)(C)C)no2)sc1C. The summed E-state index contributed by atoms with van der Waals surface area (Å²) >= 11 is 1.31. The van der Waals surface area contributed by atoms with Gasteiger partial charge in [-0.2, -0.15) is 4.98 Å². The summed E-state index contributed by atoms with van der Waals surface area (Å²) in [4.78, 5) is 36.7. The molecule has 0 N–H and O–H groups in total. The molecule has 8 nitrogen and oxygen atoms in total. The van der Waals surface area contributed by atoms with E-state index in [1.165, 1.54) is 11.3 Å². The Kier molecular flexibility index (Phi) is 7.97. The van der Waals surface area contributed by atoms with Crippen molar-refractivity contribution in [3.05, 3.63) is 58.2 Å². The molecule has 0 saturated heterocycles. The fraction of sp³-hybridized carbons (Fsp3) is 0.458. The Labute approximate surface area is 198 Å². The molecule has 0 radical (unpaired) electrons. The standard InChI is InChI=1S/C24H30N4O4S/c1-6-31-21(30)20-16(2)33-23(26-20)28(15-14-17-10-8-7-9-11-17)19(29)13-12-18-25-22(27-32-18)24(3,4)5/h7-11H,6,12-15H2,1-5H3. The molecule has 0 bridgehead atoms. The summed E-state index contributed by atoms with van der Waals surface area (Å²) in [7, 11) is 0. The number of amides is 1. The molecule has 9 heteroatoms. The lowest BCUT2D eigenvalue weighted by molar-refractivity contribution is -0.118. The second kappa shape index (κ2) is 10.7. The first kappa shape index (κ1) is 24.6. The average molecular weight is 471 g/mol. The predicted molar refractivity (Wildman–Crippen MR) is 127 cm³/mol. The maximum Gasteiger partial charge on any atom is 0.358 e. The van der Waals surface area contributed by atoms with Crippen LogP contribution in [0.3, 0.4) is 0 Å². The molecule has 0 aliphatic carbocycles. The maximum absolute atomic E-state index is 13.2. The number of aromatic nitrogens is 3. The van der Waals surface area contributed by atoms with Crippen LogP contribution in [0.4, 0.5) is 5.13 Å². The van der Waals surface area contributed by atoms with Gasteiger partial charge in [0, 0.05) is 29.7 Å². The van der Waals surface area contributed by atoms with Crippen LogP contribution in [0.15, 0.2) is 34.9 Å². The predicted octanol–water partition coefficient (Wildman–Crippen LogP) is 4.52. The molecule has 176 valence electrons. The van der Waals surface area contributed by atoms with Crippen LogP contribution in [-0.4, -0.2) is 40.2 Å². The van der Waals surface area contributed by atoms with Gasteiger partial charge in [-0.1, -0.05) is 56.3 Å². The number of anilines is 1. The molecular formula is C24H30N4O4S. The highest BCUT2D eigenvalue weighted by Crippen LogP contribution is 2.27. The van der Waals surface area contributed by atoms with Gasteiger partial charge in [-0.3, -0.25) is 9.69 Å². The minimum Gasteiger partial charge on any atom is -0.461 e. The van der Waals surface area contributed by atoms with E-state index in [-0.39, 0.29) is 30.0 Å². The lowest BCUT2D eigenvalue weighted by atomic mass is 9.96. The number of hydrogen-bond donors (Lipinski definition) is 0. The van der Waals surface area contributed by atoms with E-state index in [2.05, 4.69) is 15.1 Å². The van der Waals surface area contributed by atoms with Gasteiger partial charge in [-0.05, 0) is 25.8 Å². The maximum atomic E-state index is 13.2. The smallest absolute Gasteiger partial charge is 0.358 e. The van der Waals surface area contributed by atoms with Crippen molar-refractivity contribution < 1.29 is 18.8 Å². The van der Waals surface area contributed by atoms with Gasteiger partial charge >= 0.3 is 5.97 Å². The Hall–Kier alpha value is -3.07. The summed E-state index contributed by atoms with van der Waals surface area (Å²) in [6.45, 7) is 10.3. The van der Waals surface area contributed by atoms with E-state index >= 15 is 0 Å². The van der Waals surface area contributed by atoms with Crippen molar-refractivity contribution in [3.63, 3.8) is 0 Å². The highest BCUT2D eigenvalue weighted by Gasteiger charge is 2.25. The van der Waals surface area contributed by atoms with Crippen LogP contribution in [0.25, 0.3) is 0 Å². The molecule has 3 aromatic rings. The van der Waals surface area contributed by atoms with Crippen LogP contribution < -0.4 is 4.90 Å². The minimum atomic E-state index is -0.478. The van der Waals surface area contributed by atoms with Crippen LogP contribution in [0, 0.1) is 6.92 Å². The molecule has 1 amide bonds. The van der Waals surface area contributed by atoms with E-state index in [1.807, 2.05) is 51.1 Å². The molecule has 0 spiro atoms. The summed E-state index contributed by atoms with van der Waals surface area (Å²) in [6.07, 6.45) is 1.18. The quantitative estimate of drug-likeness (QED) is 0.424. The number of nitrogens with zero attached hydrogens (tertiary/aromatic N) is 4. The molecule has 2 heterocycles. The lowest BCUT2D eigenvalue weighted by Crippen LogP contribution is -2.33. The fourth-order valence-corrected chi connectivity index (χ4v) is 4.05. The number of carbonyl (C=O) groups is 2. The van der Waals surface area contributed by atoms with Crippen LogP contribution in [0.2, 0.25) is 0 Å². The monoisotopic (exact) mass is 470 g/mol. The van der Waals surface area contributed by atoms with E-state index in [9.17, 15) is 9.59 Å². The molecule has 1 aromatic carbocycles. The Morgan fingerprint density at radius 1 is 1.12 bits per heavy atom. The second-order valence-corrected chi connectivity index (χ2v) is 9.85. The van der Waals surface area contributed by atoms with E-state index in [0.29, 0.717) is 41.1 Å². The Bertz CT molecular complexity index is 1090. The van der Waals surface area contributed by atoms with Crippen LogP contribution in [0.1, 0.15) is 66.8 Å². The first-order valence-electron chi connectivity index (χ1n) is 11.0. The molecule has 0 saturated carbocycles. The van der Waals surface area contributed by atoms with E-state index < -0.39 is 5.97 Å². The number of hydrogen-bond acceptors (Lipinski definition) is 8. The molecule has 0 fully saturated rings. The van der Waals surface area contributed by atoms with Crippen molar-refractivity contribution in [2.45, 2.75) is 59.3 Å². The van der Waals surface area contributed by atoms with Gasteiger partial charge in [0.05, 0.1) is 6.61 Å². The fourth-order valence-electron chi connectivity index (χ4n) is 3.11. The third-order valence-corrected chi connectivity index (χ3v) is 5.94. The third-order valence-electron chi connectivity index (χ3n) is 4.94. The number of aryl methyl sites for hydroxylation is 2. The van der Waals surface area contributed by atoms with Crippen LogP contribution in [-0.2, 0) is 27.8 Å². The topological polar surface area (TPSA) is 98.4 Å². The summed E-state index contributed by atoms with van der Waals surface area (Å²) in [6, 6.07) is 9.93. The van der Waals surface area contributed by atoms with Gasteiger partial charge in [0.1, 0.15) is 0 Å². The zero-order chi connectivity index (χ0) is 24.0. The first-order chi connectivity index (χ1) is 15.7. The number of thiazole rings is 1. The molecule has 3 rings (SSSR count). The summed E-state index contributed by atoms with van der Waals surface area (Å²) in [5.41, 5.74) is 1.14. The number of ether oxygens (including phenoxy) is 1. The zero-order valence-electron chi connectivity index (χ0n) is 19.8. The van der Waals surface area contributed by atoms with Gasteiger partial charge in [0.15, 0.2) is 16.6 Å². The van der Waals surface area contributed by atoms with Crippen LogP contribution in [0.5, 0.6) is 0 Å². The van der Waals surface area contributed by atoms with Gasteiger partial charge in [0.2, 0.25) is 11.8 Å². The Morgan fingerprint density at radius 2 is 1.85 bits per heavy atom. The van der Waals surface area contributed by atoms with E-state index in [4.69, 9.17) is 9.26 Å². The molecule has 2 aromatic heterocycles. The Morgan fingerprint density at radius 3 is 2.48 bits per heavy atom. The highest BCUT2D eigenvalue weighted by atomic mass is 32.1. The van der Waals surface area contributed by atoms with E-state index in [1.54, 1.807) is 18.7 Å². The Balaban J connectivity index is 1.77. The van der Waals surface area contributed by atoms with Gasteiger partial charge in [-0.25, -0.2) is 9.78 Å². The minimum absolute atomic E-state index is 0.120. The van der Waals surface area contributed by atoms with Gasteiger partial charge in [-0.15, -0.1) is 11.3 Å².